The number of hydrogen-bond donors (Lipinski definition) is 0. The lowest BCUT2D eigenvalue weighted by atomic mass is 10.0. The molecule has 0 aliphatic heterocycles. The van der Waals surface area contributed by atoms with Gasteiger partial charge in [-0.25, -0.2) is 9.98 Å². The number of fused-ring (bicyclic) bond motifs is 3. The van der Waals surface area contributed by atoms with Gasteiger partial charge >= 0.3 is 0 Å². The molecule has 5 aromatic rings. The summed E-state index contributed by atoms with van der Waals surface area (Å²) in [5.74, 6) is 0. The molecule has 0 amide bonds. The van der Waals surface area contributed by atoms with Gasteiger partial charge in [-0.15, -0.1) is 0 Å². The van der Waals surface area contributed by atoms with Crippen molar-refractivity contribution in [2.45, 2.75) is 34.6 Å². The van der Waals surface area contributed by atoms with Crippen molar-refractivity contribution in [3.63, 3.8) is 0 Å². The maximum absolute atomic E-state index is 5.28. The molecule has 0 bridgehead atoms. The first-order valence-electron chi connectivity index (χ1n) is 11.4. The first-order chi connectivity index (χ1) is 15.9. The molecule has 0 fully saturated rings. The highest BCUT2D eigenvalue weighted by Crippen LogP contribution is 2.28. The number of benzene rings is 3. The molecule has 33 heavy (non-hydrogen) atoms. The molecular formula is C30H28N3+. The third-order valence-electron chi connectivity index (χ3n) is 6.14. The molecule has 5 rings (SSSR count). The molecule has 0 unspecified atom stereocenters. The predicted octanol–water partition coefficient (Wildman–Crippen LogP) is 6.68. The van der Waals surface area contributed by atoms with Crippen molar-refractivity contribution in [1.82, 2.24) is 4.98 Å². The summed E-state index contributed by atoms with van der Waals surface area (Å²) in [5.41, 5.74) is 13.0. The van der Waals surface area contributed by atoms with Gasteiger partial charge in [0.05, 0.1) is 5.69 Å². The van der Waals surface area contributed by atoms with E-state index in [0.29, 0.717) is 0 Å². The van der Waals surface area contributed by atoms with Crippen molar-refractivity contribution in [3.05, 3.63) is 118 Å². The molecule has 162 valence electrons. The third-order valence-corrected chi connectivity index (χ3v) is 6.14. The number of nitrogens with zero attached hydrogens (tertiary/aromatic N) is 3. The van der Waals surface area contributed by atoms with Gasteiger partial charge in [0.1, 0.15) is 11.2 Å². The van der Waals surface area contributed by atoms with E-state index in [-0.39, 0.29) is 0 Å². The minimum absolute atomic E-state index is 0.885. The van der Waals surface area contributed by atoms with E-state index in [2.05, 4.69) is 112 Å². The summed E-state index contributed by atoms with van der Waals surface area (Å²) in [6.07, 6.45) is 2.12. The molecule has 0 N–H and O–H groups in total. The molecule has 0 spiro atoms. The summed E-state index contributed by atoms with van der Waals surface area (Å²) in [6.45, 7) is 10.7. The summed E-state index contributed by atoms with van der Waals surface area (Å²) < 4.78 is 2.24. The molecule has 2 aromatic heterocycles. The highest BCUT2D eigenvalue weighted by atomic mass is 14.9. The van der Waals surface area contributed by atoms with Crippen molar-refractivity contribution in [3.8, 4) is 0 Å². The largest absolute Gasteiger partial charge is 0.245 e. The molecule has 3 aromatic carbocycles. The minimum atomic E-state index is 0.885. The Labute approximate surface area is 195 Å². The van der Waals surface area contributed by atoms with E-state index >= 15 is 0 Å². The molecule has 0 saturated carbocycles. The number of rotatable bonds is 3. The average molecular weight is 431 g/mol. The van der Waals surface area contributed by atoms with E-state index in [4.69, 9.17) is 9.98 Å². The Morgan fingerprint density at radius 1 is 0.697 bits per heavy atom. The number of pyridine rings is 1. The van der Waals surface area contributed by atoms with E-state index < -0.39 is 0 Å². The Morgan fingerprint density at radius 2 is 1.33 bits per heavy atom. The molecule has 0 atom stereocenters. The smallest absolute Gasteiger partial charge is 0.239 e. The summed E-state index contributed by atoms with van der Waals surface area (Å²) in [5, 5.41) is 0. The van der Waals surface area contributed by atoms with Crippen molar-refractivity contribution in [2.24, 2.45) is 4.99 Å². The van der Waals surface area contributed by atoms with Gasteiger partial charge in [0.25, 0.3) is 0 Å². The van der Waals surface area contributed by atoms with Crippen LogP contribution in [-0.4, -0.2) is 10.7 Å². The average Bonchev–Trinajstić information content (AvgIpc) is 2.79. The van der Waals surface area contributed by atoms with E-state index in [1.54, 1.807) is 0 Å². The standard InChI is InChI=1S/C30H28N3/c1-19-15-21(3)27(22(4)16-19)31-29(24-11-7-6-8-12-24)30-25-13-9-10-14-33(25)26-18-20(2)17-23(5)28(26)32-30/h6-18H,1-5H3/q+1. The van der Waals surface area contributed by atoms with Crippen molar-refractivity contribution in [1.29, 1.82) is 0 Å². The quantitative estimate of drug-likeness (QED) is 0.178. The second-order valence-electron chi connectivity index (χ2n) is 8.94. The number of hydrogen-bond acceptors (Lipinski definition) is 2. The zero-order chi connectivity index (χ0) is 23.1. The van der Waals surface area contributed by atoms with Gasteiger partial charge in [-0.2, -0.15) is 4.40 Å². The van der Waals surface area contributed by atoms with Crippen LogP contribution in [0.3, 0.4) is 0 Å². The van der Waals surface area contributed by atoms with Crippen molar-refractivity contribution >= 4 is 27.9 Å². The molecule has 3 heteroatoms. The fraction of sp³-hybridized carbons (Fsp3) is 0.167. The molecule has 0 radical (unpaired) electrons. The van der Waals surface area contributed by atoms with Gasteiger partial charge in [-0.3, -0.25) is 0 Å². The second-order valence-corrected chi connectivity index (χ2v) is 8.94. The van der Waals surface area contributed by atoms with Crippen LogP contribution >= 0.6 is 0 Å². The van der Waals surface area contributed by atoms with Crippen molar-refractivity contribution in [2.75, 3.05) is 0 Å². The summed E-state index contributed by atoms with van der Waals surface area (Å²) in [4.78, 5) is 10.5. The van der Waals surface area contributed by atoms with Crippen LogP contribution in [-0.2, 0) is 0 Å². The third kappa shape index (κ3) is 3.80. The van der Waals surface area contributed by atoms with Crippen LogP contribution in [0.4, 0.5) is 5.69 Å². The highest BCUT2D eigenvalue weighted by Gasteiger charge is 2.23. The first-order valence-corrected chi connectivity index (χ1v) is 11.4. The molecule has 0 aliphatic carbocycles. The van der Waals surface area contributed by atoms with Crippen LogP contribution in [0.1, 0.15) is 39.1 Å². The SMILES string of the molecule is Cc1cc(C)c(N=C(c2ccccc2)c2nc3c(C)cc(C)cc3[n+]3ccccc23)c(C)c1. The van der Waals surface area contributed by atoms with Crippen LogP contribution in [0.5, 0.6) is 0 Å². The van der Waals surface area contributed by atoms with E-state index in [1.807, 2.05) is 6.07 Å². The molecule has 0 saturated heterocycles. The van der Waals surface area contributed by atoms with Crippen LogP contribution in [0.2, 0.25) is 0 Å². The lowest BCUT2D eigenvalue weighted by Crippen LogP contribution is -2.27. The van der Waals surface area contributed by atoms with Crippen LogP contribution < -0.4 is 4.40 Å². The molecule has 0 aliphatic rings. The van der Waals surface area contributed by atoms with Crippen molar-refractivity contribution < 1.29 is 4.40 Å². The predicted molar refractivity (Wildman–Crippen MR) is 137 cm³/mol. The Hall–Kier alpha value is -3.85. The number of aryl methyl sites for hydroxylation is 5. The Kier molecular flexibility index (Phi) is 5.26. The monoisotopic (exact) mass is 430 g/mol. The van der Waals surface area contributed by atoms with E-state index in [9.17, 15) is 0 Å². The van der Waals surface area contributed by atoms with Gasteiger partial charge in [0.15, 0.2) is 11.9 Å². The van der Waals surface area contributed by atoms with Gasteiger partial charge in [0.2, 0.25) is 11.0 Å². The van der Waals surface area contributed by atoms with E-state index in [0.717, 1.165) is 39.2 Å². The normalized spacial score (nSPS) is 12.0. The van der Waals surface area contributed by atoms with Gasteiger partial charge in [-0.05, 0) is 62.9 Å². The van der Waals surface area contributed by atoms with Gasteiger partial charge in [-0.1, -0.05) is 54.1 Å². The summed E-state index contributed by atoms with van der Waals surface area (Å²) >= 11 is 0. The summed E-state index contributed by atoms with van der Waals surface area (Å²) in [7, 11) is 0. The lowest BCUT2D eigenvalue weighted by Gasteiger charge is -2.12. The topological polar surface area (TPSA) is 29.4 Å². The maximum Gasteiger partial charge on any atom is 0.239 e. The zero-order valence-corrected chi connectivity index (χ0v) is 19.8. The Morgan fingerprint density at radius 3 is 2.06 bits per heavy atom. The lowest BCUT2D eigenvalue weighted by molar-refractivity contribution is -0.482. The summed E-state index contributed by atoms with van der Waals surface area (Å²) in [6, 6.07) is 25.5. The minimum Gasteiger partial charge on any atom is -0.245 e. The molecule has 2 heterocycles. The van der Waals surface area contributed by atoms with Crippen LogP contribution in [0.25, 0.3) is 16.6 Å². The molecule has 3 nitrogen and oxygen atoms in total. The number of aromatic nitrogens is 2. The fourth-order valence-corrected chi connectivity index (χ4v) is 4.77. The second kappa shape index (κ2) is 8.25. The molecular weight excluding hydrogens is 402 g/mol. The Balaban J connectivity index is 1.91. The fourth-order valence-electron chi connectivity index (χ4n) is 4.77. The highest BCUT2D eigenvalue weighted by molar-refractivity contribution is 6.16. The van der Waals surface area contributed by atoms with E-state index in [1.165, 1.54) is 27.8 Å². The van der Waals surface area contributed by atoms with Crippen LogP contribution in [0.15, 0.2) is 84.0 Å². The maximum atomic E-state index is 5.28. The van der Waals surface area contributed by atoms with Gasteiger partial charge < -0.3 is 0 Å². The first kappa shape index (κ1) is 21.0. The van der Waals surface area contributed by atoms with Gasteiger partial charge in [0, 0.05) is 23.8 Å². The number of aliphatic imine (C=N–C) groups is 1. The zero-order valence-electron chi connectivity index (χ0n) is 19.8. The van der Waals surface area contributed by atoms with Crippen LogP contribution in [0, 0.1) is 34.6 Å². The Bertz CT molecular complexity index is 1520.